The van der Waals surface area contributed by atoms with E-state index in [0.29, 0.717) is 30.1 Å². The number of nitrogens with one attached hydrogen (secondary N) is 1. The molecule has 0 radical (unpaired) electrons. The molecule has 1 N–H and O–H groups in total. The Morgan fingerprint density at radius 1 is 1.54 bits per heavy atom. The van der Waals surface area contributed by atoms with E-state index in [1.165, 1.54) is 4.88 Å². The highest BCUT2D eigenvalue weighted by molar-refractivity contribution is 7.16. The molecule has 2 aromatic rings. The predicted octanol–water partition coefficient (Wildman–Crippen LogP) is 2.87. The van der Waals surface area contributed by atoms with Crippen molar-refractivity contribution in [3.8, 4) is 6.07 Å². The molecule has 0 saturated heterocycles. The van der Waals surface area contributed by atoms with Gasteiger partial charge in [0.25, 0.3) is 0 Å². The number of amides is 1. The van der Waals surface area contributed by atoms with Crippen LogP contribution in [0.3, 0.4) is 0 Å². The molecule has 126 valence electrons. The van der Waals surface area contributed by atoms with Crippen LogP contribution in [-0.4, -0.2) is 29.6 Å². The second-order valence-corrected chi connectivity index (χ2v) is 7.24. The number of carbonyl (C=O) groups excluding carboxylic acids is 1. The van der Waals surface area contributed by atoms with E-state index in [9.17, 15) is 10.1 Å². The quantitative estimate of drug-likeness (QED) is 0.871. The molecule has 6 nitrogen and oxygen atoms in total. The summed E-state index contributed by atoms with van der Waals surface area (Å²) in [6.45, 7) is 3.11. The lowest BCUT2D eigenvalue weighted by atomic mass is 10.1. The SMILES string of the molecule is Cc1cc(CN(C)CCC(=O)Nc2sc3c(c2C#N)CCC3)no1. The van der Waals surface area contributed by atoms with Gasteiger partial charge in [-0.25, -0.2) is 0 Å². The van der Waals surface area contributed by atoms with E-state index in [1.54, 1.807) is 11.3 Å². The van der Waals surface area contributed by atoms with Gasteiger partial charge in [-0.3, -0.25) is 9.69 Å². The lowest BCUT2D eigenvalue weighted by Gasteiger charge is -2.14. The minimum atomic E-state index is -0.0605. The standard InChI is InChI=1S/C17H20N4O2S/c1-11-8-12(20-23-11)10-21(2)7-6-16(22)19-17-14(9-18)13-4-3-5-15(13)24-17/h8H,3-7,10H2,1-2H3,(H,19,22). The van der Waals surface area contributed by atoms with Crippen LogP contribution in [-0.2, 0) is 24.2 Å². The number of thiophene rings is 1. The van der Waals surface area contributed by atoms with E-state index in [0.717, 1.165) is 36.3 Å². The fraction of sp³-hybridized carbons (Fsp3) is 0.471. The molecule has 0 spiro atoms. The molecule has 2 heterocycles. The lowest BCUT2D eigenvalue weighted by molar-refractivity contribution is -0.116. The molecular formula is C17H20N4O2S. The first-order chi connectivity index (χ1) is 11.6. The summed E-state index contributed by atoms with van der Waals surface area (Å²) >= 11 is 1.55. The van der Waals surface area contributed by atoms with Crippen LogP contribution in [0.5, 0.6) is 0 Å². The Balaban J connectivity index is 1.52. The number of anilines is 1. The van der Waals surface area contributed by atoms with Gasteiger partial charge in [-0.2, -0.15) is 5.26 Å². The van der Waals surface area contributed by atoms with Crippen molar-refractivity contribution in [1.29, 1.82) is 5.26 Å². The largest absolute Gasteiger partial charge is 0.361 e. The van der Waals surface area contributed by atoms with E-state index in [1.807, 2.05) is 24.9 Å². The van der Waals surface area contributed by atoms with Gasteiger partial charge in [-0.05, 0) is 38.8 Å². The van der Waals surface area contributed by atoms with Crippen LogP contribution in [0.15, 0.2) is 10.6 Å². The smallest absolute Gasteiger partial charge is 0.226 e. The summed E-state index contributed by atoms with van der Waals surface area (Å²) in [5, 5.41) is 16.9. The zero-order chi connectivity index (χ0) is 17.1. The van der Waals surface area contributed by atoms with E-state index >= 15 is 0 Å². The van der Waals surface area contributed by atoms with Crippen LogP contribution >= 0.6 is 11.3 Å². The number of nitrogens with zero attached hydrogens (tertiary/aromatic N) is 3. The van der Waals surface area contributed by atoms with Gasteiger partial charge in [-0.15, -0.1) is 11.3 Å². The molecule has 0 fully saturated rings. The molecule has 24 heavy (non-hydrogen) atoms. The number of carbonyl (C=O) groups is 1. The maximum atomic E-state index is 12.2. The Hall–Kier alpha value is -2.17. The molecule has 0 bridgehead atoms. The molecule has 3 rings (SSSR count). The lowest BCUT2D eigenvalue weighted by Crippen LogP contribution is -2.24. The third-order valence-corrected chi connectivity index (χ3v) is 5.32. The Morgan fingerprint density at radius 2 is 2.38 bits per heavy atom. The van der Waals surface area contributed by atoms with Crippen molar-refractivity contribution in [3.63, 3.8) is 0 Å². The molecule has 1 aliphatic carbocycles. The summed E-state index contributed by atoms with van der Waals surface area (Å²) in [4.78, 5) is 15.5. The Morgan fingerprint density at radius 3 is 3.08 bits per heavy atom. The van der Waals surface area contributed by atoms with Crippen LogP contribution in [0, 0.1) is 18.3 Å². The van der Waals surface area contributed by atoms with E-state index in [2.05, 4.69) is 16.5 Å². The molecule has 2 aromatic heterocycles. The highest BCUT2D eigenvalue weighted by Crippen LogP contribution is 2.38. The van der Waals surface area contributed by atoms with Crippen molar-refractivity contribution in [3.05, 3.63) is 33.5 Å². The zero-order valence-electron chi connectivity index (χ0n) is 13.9. The molecule has 0 atom stereocenters. The zero-order valence-corrected chi connectivity index (χ0v) is 14.7. The number of hydrogen-bond acceptors (Lipinski definition) is 6. The van der Waals surface area contributed by atoms with Gasteiger partial charge in [0.1, 0.15) is 16.8 Å². The molecule has 7 heteroatoms. The van der Waals surface area contributed by atoms with Crippen molar-refractivity contribution in [2.45, 2.75) is 39.2 Å². The topological polar surface area (TPSA) is 82.2 Å². The van der Waals surface area contributed by atoms with Crippen LogP contribution in [0.25, 0.3) is 0 Å². The van der Waals surface area contributed by atoms with Crippen molar-refractivity contribution in [2.75, 3.05) is 18.9 Å². The molecule has 0 unspecified atom stereocenters. The minimum absolute atomic E-state index is 0.0605. The van der Waals surface area contributed by atoms with Gasteiger partial charge in [0.2, 0.25) is 5.91 Å². The van der Waals surface area contributed by atoms with Crippen LogP contribution in [0.1, 0.15) is 40.3 Å². The van der Waals surface area contributed by atoms with E-state index < -0.39 is 0 Å². The van der Waals surface area contributed by atoms with Crippen LogP contribution in [0.2, 0.25) is 0 Å². The molecule has 0 aromatic carbocycles. The van der Waals surface area contributed by atoms with Gasteiger partial charge in [-0.1, -0.05) is 5.16 Å². The van der Waals surface area contributed by atoms with Gasteiger partial charge in [0.15, 0.2) is 0 Å². The van der Waals surface area contributed by atoms with Crippen LogP contribution < -0.4 is 5.32 Å². The number of nitriles is 1. The first kappa shape index (κ1) is 16.7. The first-order valence-corrected chi connectivity index (χ1v) is 8.83. The third-order valence-electron chi connectivity index (χ3n) is 4.12. The average Bonchev–Trinajstić information content (AvgIpc) is 3.21. The number of aryl methyl sites for hydroxylation is 2. The number of rotatable bonds is 6. The summed E-state index contributed by atoms with van der Waals surface area (Å²) in [7, 11) is 1.94. The molecule has 0 saturated carbocycles. The van der Waals surface area contributed by atoms with Gasteiger partial charge in [0, 0.05) is 30.5 Å². The van der Waals surface area contributed by atoms with Crippen molar-refractivity contribution in [1.82, 2.24) is 10.1 Å². The van der Waals surface area contributed by atoms with Crippen LogP contribution in [0.4, 0.5) is 5.00 Å². The highest BCUT2D eigenvalue weighted by atomic mass is 32.1. The van der Waals surface area contributed by atoms with Gasteiger partial charge >= 0.3 is 0 Å². The minimum Gasteiger partial charge on any atom is -0.361 e. The van der Waals surface area contributed by atoms with E-state index in [4.69, 9.17) is 4.52 Å². The molecular weight excluding hydrogens is 324 g/mol. The summed E-state index contributed by atoms with van der Waals surface area (Å²) in [6, 6.07) is 4.14. The van der Waals surface area contributed by atoms with Gasteiger partial charge in [0.05, 0.1) is 11.3 Å². The number of hydrogen-bond donors (Lipinski definition) is 1. The van der Waals surface area contributed by atoms with Crippen molar-refractivity contribution >= 4 is 22.2 Å². The van der Waals surface area contributed by atoms with Crippen molar-refractivity contribution < 1.29 is 9.32 Å². The summed E-state index contributed by atoms with van der Waals surface area (Å²) < 4.78 is 5.04. The summed E-state index contributed by atoms with van der Waals surface area (Å²) in [5.41, 5.74) is 2.65. The summed E-state index contributed by atoms with van der Waals surface area (Å²) in [5.74, 6) is 0.723. The third kappa shape index (κ3) is 3.66. The molecule has 0 aliphatic heterocycles. The van der Waals surface area contributed by atoms with Crippen molar-refractivity contribution in [2.24, 2.45) is 0 Å². The Labute approximate surface area is 145 Å². The Kier molecular flexibility index (Phi) is 4.97. The Bertz CT molecular complexity index is 787. The maximum absolute atomic E-state index is 12.2. The molecule has 1 aliphatic rings. The highest BCUT2D eigenvalue weighted by Gasteiger charge is 2.23. The van der Waals surface area contributed by atoms with E-state index in [-0.39, 0.29) is 5.91 Å². The first-order valence-electron chi connectivity index (χ1n) is 8.02. The normalized spacial score (nSPS) is 13.1. The number of fused-ring (bicyclic) bond motifs is 1. The fourth-order valence-corrected chi connectivity index (χ4v) is 4.20. The maximum Gasteiger partial charge on any atom is 0.226 e. The second-order valence-electron chi connectivity index (χ2n) is 6.14. The second kappa shape index (κ2) is 7.16. The predicted molar refractivity (Wildman–Crippen MR) is 91.9 cm³/mol. The summed E-state index contributed by atoms with van der Waals surface area (Å²) in [6.07, 6.45) is 3.45. The fourth-order valence-electron chi connectivity index (χ4n) is 2.94. The average molecular weight is 344 g/mol. The monoisotopic (exact) mass is 344 g/mol. The van der Waals surface area contributed by atoms with Gasteiger partial charge < -0.3 is 9.84 Å². The number of aromatic nitrogens is 1. The molecule has 1 amide bonds.